The van der Waals surface area contributed by atoms with E-state index in [2.05, 4.69) is 25.9 Å². The van der Waals surface area contributed by atoms with E-state index in [1.165, 1.54) is 17.8 Å². The Bertz CT molecular complexity index is 729. The van der Waals surface area contributed by atoms with Crippen molar-refractivity contribution in [3.05, 3.63) is 51.8 Å². The molecule has 0 saturated carbocycles. The van der Waals surface area contributed by atoms with Crippen LogP contribution in [0.2, 0.25) is 0 Å². The minimum atomic E-state index is -0.197. The van der Waals surface area contributed by atoms with Gasteiger partial charge in [0.1, 0.15) is 22.0 Å². The topological polar surface area (TPSA) is 25.8 Å². The first kappa shape index (κ1) is 13.0. The molecule has 0 fully saturated rings. The van der Waals surface area contributed by atoms with Crippen LogP contribution >= 0.6 is 39.0 Å². The molecule has 3 aromatic rings. The van der Waals surface area contributed by atoms with Gasteiger partial charge in [0.15, 0.2) is 0 Å². The molecule has 3 rings (SSSR count). The van der Waals surface area contributed by atoms with Gasteiger partial charge >= 0.3 is 0 Å². The number of hydrogen-bond donors (Lipinski definition) is 0. The van der Waals surface area contributed by atoms with Crippen molar-refractivity contribution in [3.63, 3.8) is 0 Å². The summed E-state index contributed by atoms with van der Waals surface area (Å²) in [5.41, 5.74) is 0.676. The van der Waals surface area contributed by atoms with Gasteiger partial charge < -0.3 is 0 Å². The van der Waals surface area contributed by atoms with Crippen molar-refractivity contribution in [2.45, 2.75) is 10.8 Å². The molecular weight excluding hydrogens is 347 g/mol. The van der Waals surface area contributed by atoms with E-state index < -0.39 is 0 Å². The van der Waals surface area contributed by atoms with E-state index in [-0.39, 0.29) is 5.82 Å². The molecule has 0 saturated heterocycles. The standard InChI is InChI=1S/C13H8BrFN2S2/c14-9-2-1-8(11(15)5-9)6-19-13-10-3-4-18-12(10)16-7-17-13/h1-5,7H,6H2. The second-order valence-corrected chi connectivity index (χ2v) is 6.62. The van der Waals surface area contributed by atoms with Crippen molar-refractivity contribution in [1.82, 2.24) is 9.97 Å². The van der Waals surface area contributed by atoms with E-state index in [1.807, 2.05) is 17.5 Å². The maximum absolute atomic E-state index is 13.7. The lowest BCUT2D eigenvalue weighted by Crippen LogP contribution is -1.89. The minimum absolute atomic E-state index is 0.197. The molecule has 0 atom stereocenters. The molecule has 6 heteroatoms. The average Bonchev–Trinajstić information content (AvgIpc) is 2.86. The normalized spacial score (nSPS) is 11.1. The van der Waals surface area contributed by atoms with E-state index in [9.17, 15) is 4.39 Å². The van der Waals surface area contributed by atoms with Crippen LogP contribution in [0.1, 0.15) is 5.56 Å². The third-order valence-electron chi connectivity index (χ3n) is 2.60. The first-order chi connectivity index (χ1) is 9.24. The van der Waals surface area contributed by atoms with Gasteiger partial charge in [0.05, 0.1) is 0 Å². The lowest BCUT2D eigenvalue weighted by Gasteiger charge is -2.04. The predicted molar refractivity (Wildman–Crippen MR) is 81.1 cm³/mol. The molecule has 0 unspecified atom stereocenters. The van der Waals surface area contributed by atoms with Crippen molar-refractivity contribution < 1.29 is 4.39 Å². The summed E-state index contributed by atoms with van der Waals surface area (Å²) in [5.74, 6) is 0.360. The Morgan fingerprint density at radius 1 is 1.26 bits per heavy atom. The summed E-state index contributed by atoms with van der Waals surface area (Å²) in [5, 5.41) is 3.92. The lowest BCUT2D eigenvalue weighted by atomic mass is 10.2. The van der Waals surface area contributed by atoms with Gasteiger partial charge in [-0.3, -0.25) is 0 Å². The van der Waals surface area contributed by atoms with Gasteiger partial charge in [0, 0.05) is 15.6 Å². The third kappa shape index (κ3) is 2.80. The largest absolute Gasteiger partial charge is 0.229 e. The summed E-state index contributed by atoms with van der Waals surface area (Å²) in [6, 6.07) is 7.12. The molecule has 0 aliphatic rings. The van der Waals surface area contributed by atoms with Crippen LogP contribution in [-0.2, 0) is 5.75 Å². The number of fused-ring (bicyclic) bond motifs is 1. The molecule has 0 N–H and O–H groups in total. The second kappa shape index (κ2) is 5.56. The Morgan fingerprint density at radius 2 is 2.16 bits per heavy atom. The van der Waals surface area contributed by atoms with Gasteiger partial charge in [-0.05, 0) is 29.1 Å². The smallest absolute Gasteiger partial charge is 0.128 e. The lowest BCUT2D eigenvalue weighted by molar-refractivity contribution is 0.616. The molecule has 19 heavy (non-hydrogen) atoms. The van der Waals surface area contributed by atoms with Crippen molar-refractivity contribution in [1.29, 1.82) is 0 Å². The quantitative estimate of drug-likeness (QED) is 0.494. The van der Waals surface area contributed by atoms with E-state index in [0.717, 1.165) is 19.7 Å². The maximum atomic E-state index is 13.7. The Kier molecular flexibility index (Phi) is 3.81. The Labute approximate surface area is 126 Å². The highest BCUT2D eigenvalue weighted by Crippen LogP contribution is 2.30. The van der Waals surface area contributed by atoms with Crippen LogP contribution in [-0.4, -0.2) is 9.97 Å². The molecule has 96 valence electrons. The second-order valence-electron chi connectivity index (χ2n) is 3.84. The highest BCUT2D eigenvalue weighted by Gasteiger charge is 2.08. The molecule has 2 aromatic heterocycles. The van der Waals surface area contributed by atoms with Crippen LogP contribution in [0.3, 0.4) is 0 Å². The van der Waals surface area contributed by atoms with Gasteiger partial charge in [-0.25, -0.2) is 14.4 Å². The fourth-order valence-corrected chi connectivity index (χ4v) is 3.77. The number of hydrogen-bond acceptors (Lipinski definition) is 4. The van der Waals surface area contributed by atoms with Gasteiger partial charge in [-0.1, -0.05) is 22.0 Å². The van der Waals surface area contributed by atoms with Crippen molar-refractivity contribution in [2.24, 2.45) is 0 Å². The van der Waals surface area contributed by atoms with E-state index in [4.69, 9.17) is 0 Å². The molecule has 2 heterocycles. The highest BCUT2D eigenvalue weighted by molar-refractivity contribution is 9.10. The summed E-state index contributed by atoms with van der Waals surface area (Å²) >= 11 is 6.37. The number of rotatable bonds is 3. The molecule has 2 nitrogen and oxygen atoms in total. The molecule has 0 bridgehead atoms. The fourth-order valence-electron chi connectivity index (χ4n) is 1.67. The zero-order valence-corrected chi connectivity index (χ0v) is 12.9. The van der Waals surface area contributed by atoms with Crippen LogP contribution in [0.15, 0.2) is 45.5 Å². The van der Waals surface area contributed by atoms with E-state index in [1.54, 1.807) is 23.7 Å². The number of nitrogens with zero attached hydrogens (tertiary/aromatic N) is 2. The summed E-state index contributed by atoms with van der Waals surface area (Å²) in [4.78, 5) is 9.43. The molecule has 0 spiro atoms. The van der Waals surface area contributed by atoms with Crippen LogP contribution in [0.5, 0.6) is 0 Å². The summed E-state index contributed by atoms with van der Waals surface area (Å²) in [6.07, 6.45) is 1.55. The van der Waals surface area contributed by atoms with Crippen molar-refractivity contribution in [2.75, 3.05) is 0 Å². The van der Waals surface area contributed by atoms with Crippen molar-refractivity contribution >= 4 is 49.2 Å². The monoisotopic (exact) mass is 354 g/mol. The molecule has 0 radical (unpaired) electrons. The van der Waals surface area contributed by atoms with Crippen LogP contribution in [0, 0.1) is 5.82 Å². The van der Waals surface area contributed by atoms with Crippen LogP contribution < -0.4 is 0 Å². The first-order valence-corrected chi connectivity index (χ1v) is 8.15. The molecule has 0 amide bonds. The predicted octanol–water partition coefficient (Wildman–Crippen LogP) is 4.89. The molecular formula is C13H8BrFN2S2. The number of thiophene rings is 1. The van der Waals surface area contributed by atoms with Crippen LogP contribution in [0.25, 0.3) is 10.2 Å². The van der Waals surface area contributed by atoms with Gasteiger partial charge in [-0.2, -0.15) is 0 Å². The average molecular weight is 355 g/mol. The molecule has 1 aromatic carbocycles. The van der Waals surface area contributed by atoms with E-state index in [0.29, 0.717) is 11.3 Å². The number of halogens is 2. The van der Waals surface area contributed by atoms with Crippen molar-refractivity contribution in [3.8, 4) is 0 Å². The van der Waals surface area contributed by atoms with Gasteiger partial charge in [0.25, 0.3) is 0 Å². The highest BCUT2D eigenvalue weighted by atomic mass is 79.9. The van der Waals surface area contributed by atoms with Crippen LogP contribution in [0.4, 0.5) is 4.39 Å². The molecule has 0 aliphatic heterocycles. The zero-order chi connectivity index (χ0) is 13.2. The Hall–Kier alpha value is -0.980. The SMILES string of the molecule is Fc1cc(Br)ccc1CSc1ncnc2sccc12. The molecule has 0 aliphatic carbocycles. The Morgan fingerprint density at radius 3 is 3.00 bits per heavy atom. The number of thioether (sulfide) groups is 1. The summed E-state index contributed by atoms with van der Waals surface area (Å²) < 4.78 is 14.5. The third-order valence-corrected chi connectivity index (χ3v) is 4.97. The van der Waals surface area contributed by atoms with Gasteiger partial charge in [0.2, 0.25) is 0 Å². The zero-order valence-electron chi connectivity index (χ0n) is 9.64. The fraction of sp³-hybridized carbons (Fsp3) is 0.0769. The minimum Gasteiger partial charge on any atom is -0.229 e. The summed E-state index contributed by atoms with van der Waals surface area (Å²) in [6.45, 7) is 0. The number of benzene rings is 1. The first-order valence-electron chi connectivity index (χ1n) is 5.49. The van der Waals surface area contributed by atoms with Gasteiger partial charge in [-0.15, -0.1) is 23.1 Å². The number of aromatic nitrogens is 2. The maximum Gasteiger partial charge on any atom is 0.128 e. The summed E-state index contributed by atoms with van der Waals surface area (Å²) in [7, 11) is 0. The Balaban J connectivity index is 1.84. The van der Waals surface area contributed by atoms with E-state index >= 15 is 0 Å².